The number of hydrogen-bond donors (Lipinski definition) is 0. The van der Waals surface area contributed by atoms with Crippen LogP contribution in [0.5, 0.6) is 0 Å². The van der Waals surface area contributed by atoms with Gasteiger partial charge in [-0.15, -0.1) is 0 Å². The molecule has 1 amide bonds. The molecule has 0 N–H and O–H groups in total. The van der Waals surface area contributed by atoms with Crippen molar-refractivity contribution >= 4 is 11.7 Å². The van der Waals surface area contributed by atoms with Crippen molar-refractivity contribution in [3.8, 4) is 11.3 Å². The van der Waals surface area contributed by atoms with Gasteiger partial charge >= 0.3 is 0 Å². The van der Waals surface area contributed by atoms with Crippen molar-refractivity contribution in [2.45, 2.75) is 25.7 Å². The number of carbonyl (C=O) groups is 2. The maximum atomic E-state index is 13.9. The molecule has 1 fully saturated rings. The molecule has 0 unspecified atom stereocenters. The highest BCUT2D eigenvalue weighted by Crippen LogP contribution is 2.25. The second-order valence-electron chi connectivity index (χ2n) is 7.63. The Kier molecular flexibility index (Phi) is 6.21. The largest absolute Gasteiger partial charge is 0.441 e. The van der Waals surface area contributed by atoms with Gasteiger partial charge in [-0.1, -0.05) is 30.3 Å². The van der Waals surface area contributed by atoms with Crippen LogP contribution in [0.25, 0.3) is 11.3 Å². The van der Waals surface area contributed by atoms with E-state index in [1.54, 1.807) is 11.1 Å². The van der Waals surface area contributed by atoms with Crippen molar-refractivity contribution in [1.82, 2.24) is 9.88 Å². The number of oxazole rings is 1. The number of rotatable bonds is 6. The molecule has 31 heavy (non-hydrogen) atoms. The number of benzene rings is 2. The summed E-state index contributed by atoms with van der Waals surface area (Å²) in [4.78, 5) is 31.1. The number of Topliss-reactive ketones (excluding diaryl/α,β-unsaturated/α-hetero) is 1. The van der Waals surface area contributed by atoms with Crippen LogP contribution in [0.2, 0.25) is 0 Å². The molecule has 7 heteroatoms. The number of amides is 1. The molecular formula is C24H22F2N2O3. The van der Waals surface area contributed by atoms with Gasteiger partial charge in [0.2, 0.25) is 5.91 Å². The summed E-state index contributed by atoms with van der Waals surface area (Å²) in [5, 5.41) is 0. The van der Waals surface area contributed by atoms with Crippen molar-refractivity contribution in [2.24, 2.45) is 5.92 Å². The maximum Gasteiger partial charge on any atom is 0.223 e. The fourth-order valence-corrected chi connectivity index (χ4v) is 3.83. The molecule has 3 aromatic rings. The van der Waals surface area contributed by atoms with E-state index in [0.717, 1.165) is 23.8 Å². The van der Waals surface area contributed by atoms with Gasteiger partial charge in [0.05, 0.1) is 11.8 Å². The van der Waals surface area contributed by atoms with Gasteiger partial charge in [0.1, 0.15) is 11.6 Å². The van der Waals surface area contributed by atoms with Gasteiger partial charge in [0, 0.05) is 37.4 Å². The van der Waals surface area contributed by atoms with Crippen LogP contribution in [0.3, 0.4) is 0 Å². The summed E-state index contributed by atoms with van der Waals surface area (Å²) >= 11 is 0. The molecule has 4 rings (SSSR count). The molecule has 1 saturated heterocycles. The second-order valence-corrected chi connectivity index (χ2v) is 7.63. The number of likely N-dealkylation sites (tertiary alicyclic amines) is 1. The SMILES string of the molecule is O=C(c1cc(F)ccc1F)C1CCN(C(=O)CCc2ncc(-c3ccccc3)o2)CC1. The molecule has 2 aromatic carbocycles. The van der Waals surface area contributed by atoms with E-state index in [-0.39, 0.29) is 17.9 Å². The molecule has 1 aromatic heterocycles. The number of aryl methyl sites for hydroxylation is 1. The maximum absolute atomic E-state index is 13.9. The van der Waals surface area contributed by atoms with Crippen molar-refractivity contribution in [2.75, 3.05) is 13.1 Å². The molecule has 160 valence electrons. The first kappa shape index (κ1) is 20.9. The summed E-state index contributed by atoms with van der Waals surface area (Å²) in [6.45, 7) is 0.819. The Morgan fingerprint density at radius 1 is 1.06 bits per heavy atom. The zero-order chi connectivity index (χ0) is 21.8. The van der Waals surface area contributed by atoms with Crippen LogP contribution >= 0.6 is 0 Å². The molecule has 0 saturated carbocycles. The minimum Gasteiger partial charge on any atom is -0.441 e. The van der Waals surface area contributed by atoms with Gasteiger partial charge in [-0.2, -0.15) is 0 Å². The Labute approximate surface area is 178 Å². The lowest BCUT2D eigenvalue weighted by Gasteiger charge is -2.31. The molecule has 0 atom stereocenters. The van der Waals surface area contributed by atoms with E-state index in [2.05, 4.69) is 4.98 Å². The average Bonchev–Trinajstić information content (AvgIpc) is 3.28. The normalized spacial score (nSPS) is 14.6. The number of nitrogens with zero attached hydrogens (tertiary/aromatic N) is 2. The summed E-state index contributed by atoms with van der Waals surface area (Å²) in [5.74, 6) is -1.06. The fraction of sp³-hybridized carbons (Fsp3) is 0.292. The van der Waals surface area contributed by atoms with Crippen molar-refractivity contribution in [3.05, 3.63) is 77.8 Å². The third-order valence-corrected chi connectivity index (χ3v) is 5.58. The Hall–Kier alpha value is -3.35. The summed E-state index contributed by atoms with van der Waals surface area (Å²) < 4.78 is 33.0. The van der Waals surface area contributed by atoms with Crippen molar-refractivity contribution in [3.63, 3.8) is 0 Å². The van der Waals surface area contributed by atoms with E-state index in [4.69, 9.17) is 4.42 Å². The molecule has 1 aliphatic heterocycles. The van der Waals surface area contributed by atoms with E-state index in [1.165, 1.54) is 0 Å². The predicted molar refractivity (Wildman–Crippen MR) is 110 cm³/mol. The molecule has 2 heterocycles. The Morgan fingerprint density at radius 3 is 2.55 bits per heavy atom. The first-order chi connectivity index (χ1) is 15.0. The zero-order valence-corrected chi connectivity index (χ0v) is 16.9. The van der Waals surface area contributed by atoms with E-state index in [1.807, 2.05) is 30.3 Å². The fourth-order valence-electron chi connectivity index (χ4n) is 3.83. The van der Waals surface area contributed by atoms with Crippen LogP contribution in [-0.2, 0) is 11.2 Å². The highest BCUT2D eigenvalue weighted by Gasteiger charge is 2.29. The van der Waals surface area contributed by atoms with Gasteiger partial charge < -0.3 is 9.32 Å². The molecular weight excluding hydrogens is 402 g/mol. The number of halogens is 2. The quantitative estimate of drug-likeness (QED) is 0.540. The zero-order valence-electron chi connectivity index (χ0n) is 16.9. The van der Waals surface area contributed by atoms with Gasteiger partial charge in [-0.05, 0) is 31.0 Å². The lowest BCUT2D eigenvalue weighted by atomic mass is 9.88. The van der Waals surface area contributed by atoms with Crippen LogP contribution in [0, 0.1) is 17.6 Å². The average molecular weight is 424 g/mol. The summed E-state index contributed by atoms with van der Waals surface area (Å²) in [6.07, 6.45) is 3.15. The number of carbonyl (C=O) groups excluding carboxylic acids is 2. The first-order valence-electron chi connectivity index (χ1n) is 10.3. The number of hydrogen-bond acceptors (Lipinski definition) is 4. The van der Waals surface area contributed by atoms with Crippen molar-refractivity contribution in [1.29, 1.82) is 0 Å². The lowest BCUT2D eigenvalue weighted by molar-refractivity contribution is -0.132. The standard InChI is InChI=1S/C24H22F2N2O3/c25-18-6-7-20(26)19(14-18)24(30)17-10-12-28(13-11-17)23(29)9-8-22-27-15-21(31-22)16-4-2-1-3-5-16/h1-7,14-15,17H,8-13H2. The molecule has 5 nitrogen and oxygen atoms in total. The van der Waals surface area contributed by atoms with Crippen LogP contribution < -0.4 is 0 Å². The van der Waals surface area contributed by atoms with Crippen LogP contribution in [0.15, 0.2) is 59.1 Å². The molecule has 0 radical (unpaired) electrons. The van der Waals surface area contributed by atoms with E-state index in [9.17, 15) is 18.4 Å². The minimum atomic E-state index is -0.717. The third kappa shape index (κ3) is 4.87. The number of piperidine rings is 1. The van der Waals surface area contributed by atoms with Gasteiger partial charge in [-0.3, -0.25) is 9.59 Å². The Morgan fingerprint density at radius 2 is 1.81 bits per heavy atom. The van der Waals surface area contributed by atoms with E-state index in [0.29, 0.717) is 44.0 Å². The molecule has 0 bridgehead atoms. The Balaban J connectivity index is 1.28. The van der Waals surface area contributed by atoms with Gasteiger partial charge in [0.15, 0.2) is 17.4 Å². The third-order valence-electron chi connectivity index (χ3n) is 5.58. The smallest absolute Gasteiger partial charge is 0.223 e. The highest BCUT2D eigenvalue weighted by molar-refractivity contribution is 5.98. The topological polar surface area (TPSA) is 63.4 Å². The minimum absolute atomic E-state index is 0.0395. The highest BCUT2D eigenvalue weighted by atomic mass is 19.1. The lowest BCUT2D eigenvalue weighted by Crippen LogP contribution is -2.40. The Bertz CT molecular complexity index is 1070. The summed E-state index contributed by atoms with van der Waals surface area (Å²) in [6, 6.07) is 12.5. The van der Waals surface area contributed by atoms with Crippen LogP contribution in [0.1, 0.15) is 35.5 Å². The molecule has 0 spiro atoms. The monoisotopic (exact) mass is 424 g/mol. The summed E-state index contributed by atoms with van der Waals surface area (Å²) in [7, 11) is 0. The number of aromatic nitrogens is 1. The first-order valence-corrected chi connectivity index (χ1v) is 10.3. The second kappa shape index (κ2) is 9.20. The van der Waals surface area contributed by atoms with E-state index >= 15 is 0 Å². The van der Waals surface area contributed by atoms with Crippen LogP contribution in [-0.4, -0.2) is 34.7 Å². The summed E-state index contributed by atoms with van der Waals surface area (Å²) in [5.41, 5.74) is 0.706. The van der Waals surface area contributed by atoms with Gasteiger partial charge in [0.25, 0.3) is 0 Å². The molecule has 0 aliphatic carbocycles. The molecule has 1 aliphatic rings. The number of ketones is 1. The van der Waals surface area contributed by atoms with Crippen LogP contribution in [0.4, 0.5) is 8.78 Å². The predicted octanol–water partition coefficient (Wildman–Crippen LogP) is 4.67. The van der Waals surface area contributed by atoms with E-state index < -0.39 is 23.3 Å². The van der Waals surface area contributed by atoms with Gasteiger partial charge in [-0.25, -0.2) is 13.8 Å². The van der Waals surface area contributed by atoms with Crippen molar-refractivity contribution < 1.29 is 22.8 Å².